The fourth-order valence-electron chi connectivity index (χ4n) is 1.75. The van der Waals surface area contributed by atoms with Crippen LogP contribution in [0.25, 0.3) is 0 Å². The van der Waals surface area contributed by atoms with E-state index in [2.05, 4.69) is 10.6 Å². The molecule has 6 heteroatoms. The van der Waals surface area contributed by atoms with Gasteiger partial charge in [0, 0.05) is 18.3 Å². The predicted molar refractivity (Wildman–Crippen MR) is 76.0 cm³/mol. The Morgan fingerprint density at radius 2 is 2.15 bits per heavy atom. The summed E-state index contributed by atoms with van der Waals surface area (Å²) in [5, 5.41) is 14.2. The maximum absolute atomic E-state index is 11.7. The van der Waals surface area contributed by atoms with Crippen LogP contribution in [-0.2, 0) is 4.79 Å². The number of nitrogens with one attached hydrogen (secondary N) is 2. The molecule has 0 heterocycles. The number of hydrogen-bond donors (Lipinski definition) is 3. The van der Waals surface area contributed by atoms with E-state index in [0.29, 0.717) is 17.9 Å². The molecule has 1 aromatic carbocycles. The van der Waals surface area contributed by atoms with Gasteiger partial charge in [-0.2, -0.15) is 0 Å². The third-order valence-electron chi connectivity index (χ3n) is 2.82. The Morgan fingerprint density at radius 1 is 1.40 bits per heavy atom. The number of anilines is 1. The van der Waals surface area contributed by atoms with E-state index in [0.717, 1.165) is 6.42 Å². The SMILES string of the molecule is CCCC(CNC(=O)Nc1cccc(OC)c1)C(=O)O. The van der Waals surface area contributed by atoms with Crippen molar-refractivity contribution < 1.29 is 19.4 Å². The van der Waals surface area contributed by atoms with Crippen molar-refractivity contribution >= 4 is 17.7 Å². The predicted octanol–water partition coefficient (Wildman–Crippen LogP) is 2.32. The van der Waals surface area contributed by atoms with Gasteiger partial charge in [0.15, 0.2) is 0 Å². The van der Waals surface area contributed by atoms with Crippen LogP contribution in [0.1, 0.15) is 19.8 Å². The molecule has 110 valence electrons. The van der Waals surface area contributed by atoms with Gasteiger partial charge in [-0.3, -0.25) is 4.79 Å². The number of carboxylic acid groups (broad SMARTS) is 1. The van der Waals surface area contributed by atoms with E-state index in [1.165, 1.54) is 0 Å². The average Bonchev–Trinajstić information content (AvgIpc) is 2.43. The number of carbonyl (C=O) groups excluding carboxylic acids is 1. The smallest absolute Gasteiger partial charge is 0.319 e. The normalized spacial score (nSPS) is 11.5. The number of carbonyl (C=O) groups is 2. The molecular formula is C14H20N2O4. The molecule has 0 bridgehead atoms. The molecule has 0 aliphatic rings. The lowest BCUT2D eigenvalue weighted by Gasteiger charge is -2.13. The first-order valence-corrected chi connectivity index (χ1v) is 6.48. The number of urea groups is 1. The van der Waals surface area contributed by atoms with Crippen LogP contribution in [-0.4, -0.2) is 30.8 Å². The van der Waals surface area contributed by atoms with Gasteiger partial charge in [-0.15, -0.1) is 0 Å². The third kappa shape index (κ3) is 5.17. The topological polar surface area (TPSA) is 87.7 Å². The van der Waals surface area contributed by atoms with Crippen molar-refractivity contribution in [3.63, 3.8) is 0 Å². The largest absolute Gasteiger partial charge is 0.497 e. The number of carboxylic acids is 1. The Kier molecular flexibility index (Phi) is 6.36. The molecule has 20 heavy (non-hydrogen) atoms. The molecule has 0 radical (unpaired) electrons. The Labute approximate surface area is 118 Å². The van der Waals surface area contributed by atoms with Crippen molar-refractivity contribution in [2.75, 3.05) is 19.0 Å². The highest BCUT2D eigenvalue weighted by Crippen LogP contribution is 2.16. The molecule has 1 unspecified atom stereocenters. The van der Waals surface area contributed by atoms with E-state index in [1.807, 2.05) is 6.92 Å². The summed E-state index contributed by atoms with van der Waals surface area (Å²) in [5.74, 6) is -0.818. The Bertz CT molecular complexity index is 462. The molecule has 0 saturated carbocycles. The molecule has 1 rings (SSSR count). The zero-order valence-corrected chi connectivity index (χ0v) is 11.7. The van der Waals surface area contributed by atoms with Gasteiger partial charge in [0.2, 0.25) is 0 Å². The Morgan fingerprint density at radius 3 is 2.75 bits per heavy atom. The molecular weight excluding hydrogens is 260 g/mol. The minimum atomic E-state index is -0.895. The summed E-state index contributed by atoms with van der Waals surface area (Å²) in [4.78, 5) is 22.6. The number of amides is 2. The van der Waals surface area contributed by atoms with Crippen molar-refractivity contribution in [3.05, 3.63) is 24.3 Å². The minimum Gasteiger partial charge on any atom is -0.497 e. The number of methoxy groups -OCH3 is 1. The zero-order valence-electron chi connectivity index (χ0n) is 11.7. The average molecular weight is 280 g/mol. The molecule has 0 aliphatic heterocycles. The summed E-state index contributed by atoms with van der Waals surface area (Å²) in [6.07, 6.45) is 1.30. The monoisotopic (exact) mass is 280 g/mol. The van der Waals surface area contributed by atoms with Gasteiger partial charge in [-0.1, -0.05) is 19.4 Å². The second-order valence-corrected chi connectivity index (χ2v) is 4.39. The van der Waals surface area contributed by atoms with Crippen LogP contribution >= 0.6 is 0 Å². The van der Waals surface area contributed by atoms with Crippen LogP contribution < -0.4 is 15.4 Å². The highest BCUT2D eigenvalue weighted by atomic mass is 16.5. The summed E-state index contributed by atoms with van der Waals surface area (Å²) in [5.41, 5.74) is 0.587. The first kappa shape index (κ1) is 15.8. The Hall–Kier alpha value is -2.24. The van der Waals surface area contributed by atoms with Gasteiger partial charge in [0.05, 0.1) is 13.0 Å². The van der Waals surface area contributed by atoms with E-state index in [9.17, 15) is 9.59 Å². The maximum atomic E-state index is 11.7. The second-order valence-electron chi connectivity index (χ2n) is 4.39. The van der Waals surface area contributed by atoms with Crippen molar-refractivity contribution in [1.29, 1.82) is 0 Å². The van der Waals surface area contributed by atoms with Crippen LogP contribution in [0, 0.1) is 5.92 Å². The Balaban J connectivity index is 2.48. The second kappa shape index (κ2) is 8.04. The number of ether oxygens (including phenoxy) is 1. The number of benzene rings is 1. The quantitative estimate of drug-likeness (QED) is 0.715. The van der Waals surface area contributed by atoms with Gasteiger partial charge in [-0.05, 0) is 18.6 Å². The van der Waals surface area contributed by atoms with Crippen molar-refractivity contribution in [3.8, 4) is 5.75 Å². The van der Waals surface area contributed by atoms with E-state index in [-0.39, 0.29) is 6.54 Å². The summed E-state index contributed by atoms with van der Waals surface area (Å²) < 4.78 is 5.05. The number of hydrogen-bond acceptors (Lipinski definition) is 3. The number of aliphatic carboxylic acids is 1. The fraction of sp³-hybridized carbons (Fsp3) is 0.429. The van der Waals surface area contributed by atoms with E-state index < -0.39 is 17.9 Å². The van der Waals surface area contributed by atoms with Crippen LogP contribution in [0.15, 0.2) is 24.3 Å². The zero-order chi connectivity index (χ0) is 15.0. The molecule has 0 aromatic heterocycles. The molecule has 1 atom stereocenters. The first-order chi connectivity index (χ1) is 9.56. The fourth-order valence-corrected chi connectivity index (χ4v) is 1.75. The number of rotatable bonds is 7. The van der Waals surface area contributed by atoms with Crippen LogP contribution in [0.3, 0.4) is 0 Å². The molecule has 0 aliphatic carbocycles. The summed E-state index contributed by atoms with van der Waals surface area (Å²) in [7, 11) is 1.54. The lowest BCUT2D eigenvalue weighted by atomic mass is 10.0. The summed E-state index contributed by atoms with van der Waals surface area (Å²) >= 11 is 0. The molecule has 6 nitrogen and oxygen atoms in total. The third-order valence-corrected chi connectivity index (χ3v) is 2.82. The van der Waals surface area contributed by atoms with Crippen LogP contribution in [0.2, 0.25) is 0 Å². The standard InChI is InChI=1S/C14H20N2O4/c1-3-5-10(13(17)18)9-15-14(19)16-11-6-4-7-12(8-11)20-2/h4,6-8,10H,3,5,9H2,1-2H3,(H,17,18)(H2,15,16,19). The van der Waals surface area contributed by atoms with Gasteiger partial charge in [-0.25, -0.2) is 4.79 Å². The van der Waals surface area contributed by atoms with Crippen molar-refractivity contribution in [2.24, 2.45) is 5.92 Å². The van der Waals surface area contributed by atoms with Crippen molar-refractivity contribution in [2.45, 2.75) is 19.8 Å². The maximum Gasteiger partial charge on any atom is 0.319 e. The van der Waals surface area contributed by atoms with Crippen LogP contribution in [0.4, 0.5) is 10.5 Å². The lowest BCUT2D eigenvalue weighted by molar-refractivity contribution is -0.141. The minimum absolute atomic E-state index is 0.110. The molecule has 1 aromatic rings. The van der Waals surface area contributed by atoms with Gasteiger partial charge < -0.3 is 20.5 Å². The highest BCUT2D eigenvalue weighted by Gasteiger charge is 2.17. The molecule has 2 amide bonds. The van der Waals surface area contributed by atoms with Crippen molar-refractivity contribution in [1.82, 2.24) is 5.32 Å². The van der Waals surface area contributed by atoms with E-state index in [1.54, 1.807) is 31.4 Å². The van der Waals surface area contributed by atoms with E-state index in [4.69, 9.17) is 9.84 Å². The first-order valence-electron chi connectivity index (χ1n) is 6.48. The summed E-state index contributed by atoms with van der Waals surface area (Å²) in [6.45, 7) is 2.02. The highest BCUT2D eigenvalue weighted by molar-refractivity contribution is 5.89. The molecule has 3 N–H and O–H groups in total. The molecule has 0 spiro atoms. The lowest BCUT2D eigenvalue weighted by Crippen LogP contribution is -2.35. The van der Waals surface area contributed by atoms with Gasteiger partial charge in [0.1, 0.15) is 5.75 Å². The molecule has 0 saturated heterocycles. The van der Waals surface area contributed by atoms with Crippen LogP contribution in [0.5, 0.6) is 5.75 Å². The van der Waals surface area contributed by atoms with Gasteiger partial charge >= 0.3 is 12.0 Å². The molecule has 0 fully saturated rings. The van der Waals surface area contributed by atoms with Gasteiger partial charge in [0.25, 0.3) is 0 Å². The summed E-state index contributed by atoms with van der Waals surface area (Å²) in [6, 6.07) is 6.50. The van der Waals surface area contributed by atoms with E-state index >= 15 is 0 Å².